The smallest absolute Gasteiger partial charge is 0.0238 e. The van der Waals surface area contributed by atoms with Crippen LogP contribution in [-0.4, -0.2) is 96.6 Å². The Hall–Kier alpha value is -0.160. The van der Waals surface area contributed by atoms with Crippen molar-refractivity contribution in [1.29, 1.82) is 0 Å². The fourth-order valence-corrected chi connectivity index (χ4v) is 3.96. The summed E-state index contributed by atoms with van der Waals surface area (Å²) in [6.45, 7) is 19.2. The lowest BCUT2D eigenvalue weighted by molar-refractivity contribution is -0.00423. The van der Waals surface area contributed by atoms with Crippen LogP contribution in [0.4, 0.5) is 0 Å². The molecule has 22 heavy (non-hydrogen) atoms. The lowest BCUT2D eigenvalue weighted by Gasteiger charge is -2.50. The van der Waals surface area contributed by atoms with Gasteiger partial charge in [0.1, 0.15) is 0 Å². The number of nitrogens with zero attached hydrogens (tertiary/aromatic N) is 4. The van der Waals surface area contributed by atoms with Crippen molar-refractivity contribution < 1.29 is 0 Å². The van der Waals surface area contributed by atoms with Gasteiger partial charge in [-0.1, -0.05) is 0 Å². The summed E-state index contributed by atoms with van der Waals surface area (Å²) in [7, 11) is 4.56. The molecule has 0 amide bonds. The zero-order valence-corrected chi connectivity index (χ0v) is 16.0. The minimum atomic E-state index is 0.286. The maximum Gasteiger partial charge on any atom is 0.0238 e. The van der Waals surface area contributed by atoms with E-state index in [0.29, 0.717) is 18.1 Å². The predicted molar refractivity (Wildman–Crippen MR) is 95.5 cm³/mol. The van der Waals surface area contributed by atoms with E-state index in [0.717, 1.165) is 0 Å². The number of likely N-dealkylation sites (N-methyl/N-ethyl adjacent to an activating group) is 2. The first-order chi connectivity index (χ1) is 10.2. The Morgan fingerprint density at radius 2 is 1.59 bits per heavy atom. The van der Waals surface area contributed by atoms with Gasteiger partial charge < -0.3 is 9.80 Å². The minimum Gasteiger partial charge on any atom is -0.301 e. The molecule has 4 heteroatoms. The molecule has 0 aromatic heterocycles. The predicted octanol–water partition coefficient (Wildman–Crippen LogP) is 1.82. The Bertz CT molecular complexity index is 355. The minimum absolute atomic E-state index is 0.286. The highest BCUT2D eigenvalue weighted by Crippen LogP contribution is 2.27. The van der Waals surface area contributed by atoms with Crippen molar-refractivity contribution in [2.45, 2.75) is 64.7 Å². The standard InChI is InChI=1S/C18H38N4/c1-15(2)21-10-8-20(7)17(14-21)12-18(4,5)22-11-9-19(6)16(3)13-22/h15-17H,8-14H2,1-7H3/t16?,17-/m0/s1. The lowest BCUT2D eigenvalue weighted by Crippen LogP contribution is -2.61. The molecule has 4 nitrogen and oxygen atoms in total. The van der Waals surface area contributed by atoms with E-state index in [2.05, 4.69) is 68.3 Å². The first kappa shape index (κ1) is 18.2. The first-order valence-corrected chi connectivity index (χ1v) is 9.10. The van der Waals surface area contributed by atoms with Crippen molar-refractivity contribution in [2.24, 2.45) is 0 Å². The molecule has 0 spiro atoms. The molecule has 2 fully saturated rings. The highest BCUT2D eigenvalue weighted by atomic mass is 15.3. The van der Waals surface area contributed by atoms with E-state index in [-0.39, 0.29) is 5.54 Å². The number of hydrogen-bond acceptors (Lipinski definition) is 4. The molecule has 0 aromatic rings. The van der Waals surface area contributed by atoms with Gasteiger partial charge in [0.05, 0.1) is 0 Å². The number of hydrogen-bond donors (Lipinski definition) is 0. The van der Waals surface area contributed by atoms with Crippen molar-refractivity contribution in [3.05, 3.63) is 0 Å². The van der Waals surface area contributed by atoms with Gasteiger partial charge in [0.25, 0.3) is 0 Å². The normalized spacial score (nSPS) is 31.1. The molecule has 2 saturated heterocycles. The van der Waals surface area contributed by atoms with Gasteiger partial charge in [0, 0.05) is 62.9 Å². The third kappa shape index (κ3) is 4.22. The van der Waals surface area contributed by atoms with Crippen molar-refractivity contribution >= 4 is 0 Å². The first-order valence-electron chi connectivity index (χ1n) is 9.10. The van der Waals surface area contributed by atoms with E-state index >= 15 is 0 Å². The van der Waals surface area contributed by atoms with Crippen LogP contribution in [0, 0.1) is 0 Å². The average Bonchev–Trinajstić information content (AvgIpc) is 2.43. The van der Waals surface area contributed by atoms with Crippen LogP contribution >= 0.6 is 0 Å². The molecule has 0 aromatic carbocycles. The van der Waals surface area contributed by atoms with Gasteiger partial charge in [-0.2, -0.15) is 0 Å². The van der Waals surface area contributed by atoms with Crippen LogP contribution in [0.2, 0.25) is 0 Å². The molecule has 0 aliphatic carbocycles. The maximum absolute atomic E-state index is 2.72. The molecular weight excluding hydrogens is 272 g/mol. The molecule has 2 heterocycles. The molecule has 2 aliphatic heterocycles. The largest absolute Gasteiger partial charge is 0.301 e. The van der Waals surface area contributed by atoms with Gasteiger partial charge in [-0.25, -0.2) is 0 Å². The van der Waals surface area contributed by atoms with Gasteiger partial charge in [0.2, 0.25) is 0 Å². The monoisotopic (exact) mass is 310 g/mol. The third-order valence-corrected chi connectivity index (χ3v) is 6.09. The molecule has 0 saturated carbocycles. The van der Waals surface area contributed by atoms with Gasteiger partial charge in [-0.05, 0) is 55.1 Å². The molecule has 2 atom stereocenters. The number of rotatable bonds is 4. The SMILES string of the molecule is CC1CN(C(C)(C)C[C@H]2CN(C(C)C)CCN2C)CCN1C. The zero-order valence-electron chi connectivity index (χ0n) is 16.0. The molecule has 2 rings (SSSR count). The van der Waals surface area contributed by atoms with E-state index in [1.54, 1.807) is 0 Å². The second kappa shape index (κ2) is 7.16. The van der Waals surface area contributed by atoms with Gasteiger partial charge >= 0.3 is 0 Å². The summed E-state index contributed by atoms with van der Waals surface area (Å²) < 4.78 is 0. The van der Waals surface area contributed by atoms with E-state index < -0.39 is 0 Å². The van der Waals surface area contributed by atoms with Crippen LogP contribution in [0.5, 0.6) is 0 Å². The van der Waals surface area contributed by atoms with Gasteiger partial charge in [-0.15, -0.1) is 0 Å². The van der Waals surface area contributed by atoms with Crippen molar-refractivity contribution in [3.8, 4) is 0 Å². The van der Waals surface area contributed by atoms with E-state index in [4.69, 9.17) is 0 Å². The Balaban J connectivity index is 1.97. The number of piperazine rings is 2. The summed E-state index contributed by atoms with van der Waals surface area (Å²) >= 11 is 0. The van der Waals surface area contributed by atoms with Gasteiger partial charge in [-0.3, -0.25) is 9.80 Å². The van der Waals surface area contributed by atoms with Crippen LogP contribution in [0.3, 0.4) is 0 Å². The molecule has 130 valence electrons. The van der Waals surface area contributed by atoms with Crippen LogP contribution in [0.15, 0.2) is 0 Å². The van der Waals surface area contributed by atoms with E-state index in [1.807, 2.05) is 0 Å². The van der Waals surface area contributed by atoms with Gasteiger partial charge in [0.15, 0.2) is 0 Å². The summed E-state index contributed by atoms with van der Waals surface area (Å²) in [4.78, 5) is 10.4. The van der Waals surface area contributed by atoms with Crippen LogP contribution in [0.25, 0.3) is 0 Å². The molecular formula is C18H38N4. The molecule has 0 N–H and O–H groups in total. The highest BCUT2D eigenvalue weighted by Gasteiger charge is 2.36. The average molecular weight is 311 g/mol. The topological polar surface area (TPSA) is 13.0 Å². The Kier molecular flexibility index (Phi) is 5.92. The summed E-state index contributed by atoms with van der Waals surface area (Å²) in [5.74, 6) is 0. The Morgan fingerprint density at radius 3 is 2.18 bits per heavy atom. The van der Waals surface area contributed by atoms with Crippen molar-refractivity contribution in [3.63, 3.8) is 0 Å². The van der Waals surface area contributed by atoms with Crippen molar-refractivity contribution in [2.75, 3.05) is 53.4 Å². The molecule has 2 aliphatic rings. The van der Waals surface area contributed by atoms with E-state index in [9.17, 15) is 0 Å². The fourth-order valence-electron chi connectivity index (χ4n) is 3.96. The highest BCUT2D eigenvalue weighted by molar-refractivity contribution is 4.94. The Labute approximate surface area is 138 Å². The van der Waals surface area contributed by atoms with Crippen molar-refractivity contribution in [1.82, 2.24) is 19.6 Å². The molecule has 0 radical (unpaired) electrons. The van der Waals surface area contributed by atoms with Crippen LogP contribution < -0.4 is 0 Å². The third-order valence-electron chi connectivity index (χ3n) is 6.09. The summed E-state index contributed by atoms with van der Waals surface area (Å²) in [5, 5.41) is 0. The lowest BCUT2D eigenvalue weighted by atomic mass is 9.89. The second-order valence-electron chi connectivity index (χ2n) is 8.52. The van der Waals surface area contributed by atoms with E-state index in [1.165, 1.54) is 45.7 Å². The summed E-state index contributed by atoms with van der Waals surface area (Å²) in [6.07, 6.45) is 1.27. The maximum atomic E-state index is 2.72. The zero-order chi connectivity index (χ0) is 16.5. The Morgan fingerprint density at radius 1 is 0.955 bits per heavy atom. The second-order valence-corrected chi connectivity index (χ2v) is 8.52. The molecule has 1 unspecified atom stereocenters. The molecule has 0 bridgehead atoms. The van der Waals surface area contributed by atoms with Crippen LogP contribution in [0.1, 0.15) is 41.0 Å². The quantitative estimate of drug-likeness (QED) is 0.785. The fraction of sp³-hybridized carbons (Fsp3) is 1.00. The van der Waals surface area contributed by atoms with Crippen LogP contribution in [-0.2, 0) is 0 Å². The summed E-state index contributed by atoms with van der Waals surface area (Å²) in [6, 6.07) is 2.02. The summed E-state index contributed by atoms with van der Waals surface area (Å²) in [5.41, 5.74) is 0.286.